The molecular formula is C22H20ClN3O5S. The molecule has 32 heavy (non-hydrogen) atoms. The van der Waals surface area contributed by atoms with Gasteiger partial charge in [-0.25, -0.2) is 8.42 Å². The van der Waals surface area contributed by atoms with Crippen LogP contribution in [0.3, 0.4) is 0 Å². The van der Waals surface area contributed by atoms with Gasteiger partial charge in [-0.15, -0.1) is 0 Å². The first-order valence-corrected chi connectivity index (χ1v) is 11.3. The number of benzene rings is 3. The summed E-state index contributed by atoms with van der Waals surface area (Å²) in [5, 5.41) is 14.1. The molecule has 1 N–H and O–H groups in total. The fraction of sp³-hybridized carbons (Fsp3) is 0.136. The van der Waals surface area contributed by atoms with E-state index in [0.29, 0.717) is 10.6 Å². The summed E-state index contributed by atoms with van der Waals surface area (Å²) >= 11 is 6.11. The highest BCUT2D eigenvalue weighted by molar-refractivity contribution is 7.92. The van der Waals surface area contributed by atoms with E-state index in [4.69, 9.17) is 11.6 Å². The number of halogens is 1. The smallest absolute Gasteiger partial charge is 0.274 e. The average molecular weight is 474 g/mol. The molecule has 0 spiro atoms. The van der Waals surface area contributed by atoms with Crippen LogP contribution >= 0.6 is 11.6 Å². The number of aryl methyl sites for hydroxylation is 1. The molecule has 0 aliphatic carbocycles. The molecule has 0 aliphatic heterocycles. The van der Waals surface area contributed by atoms with E-state index in [1.165, 1.54) is 43.3 Å². The number of sulfonamides is 1. The number of nitrogens with one attached hydrogen (secondary N) is 1. The Kier molecular flexibility index (Phi) is 6.81. The third-order valence-corrected chi connectivity index (χ3v) is 6.84. The number of nitro groups is 1. The zero-order valence-electron chi connectivity index (χ0n) is 17.3. The predicted molar refractivity (Wildman–Crippen MR) is 124 cm³/mol. The highest BCUT2D eigenvalue weighted by atomic mass is 35.5. The van der Waals surface area contributed by atoms with Gasteiger partial charge in [0.1, 0.15) is 6.54 Å². The molecule has 0 aromatic heterocycles. The molecule has 3 rings (SSSR count). The van der Waals surface area contributed by atoms with Crippen LogP contribution in [0.1, 0.15) is 11.1 Å². The van der Waals surface area contributed by atoms with Crippen LogP contribution in [-0.2, 0) is 14.8 Å². The Morgan fingerprint density at radius 3 is 2.41 bits per heavy atom. The Hall–Kier alpha value is -3.43. The number of amides is 1. The van der Waals surface area contributed by atoms with Gasteiger partial charge in [-0.2, -0.15) is 0 Å². The van der Waals surface area contributed by atoms with Crippen molar-refractivity contribution in [2.24, 2.45) is 0 Å². The molecule has 0 radical (unpaired) electrons. The molecule has 3 aromatic carbocycles. The molecule has 0 bridgehead atoms. The Bertz CT molecular complexity index is 1280. The van der Waals surface area contributed by atoms with Crippen molar-refractivity contribution in [2.75, 3.05) is 16.2 Å². The highest BCUT2D eigenvalue weighted by Gasteiger charge is 2.29. The Balaban J connectivity index is 2.00. The second-order valence-corrected chi connectivity index (χ2v) is 9.31. The lowest BCUT2D eigenvalue weighted by Crippen LogP contribution is -2.38. The normalized spacial score (nSPS) is 11.1. The molecule has 0 atom stereocenters. The van der Waals surface area contributed by atoms with Crippen molar-refractivity contribution >= 4 is 44.6 Å². The van der Waals surface area contributed by atoms with Crippen molar-refractivity contribution in [1.29, 1.82) is 0 Å². The molecule has 0 fully saturated rings. The number of carbonyl (C=O) groups excluding carboxylic acids is 1. The Labute approximate surface area is 190 Å². The van der Waals surface area contributed by atoms with E-state index in [1.54, 1.807) is 37.3 Å². The minimum atomic E-state index is -4.11. The molecule has 8 nitrogen and oxygen atoms in total. The van der Waals surface area contributed by atoms with E-state index >= 15 is 0 Å². The van der Waals surface area contributed by atoms with Crippen LogP contribution in [0, 0.1) is 24.0 Å². The fourth-order valence-corrected chi connectivity index (χ4v) is 4.81. The van der Waals surface area contributed by atoms with Gasteiger partial charge in [0.25, 0.3) is 15.7 Å². The van der Waals surface area contributed by atoms with Gasteiger partial charge in [0, 0.05) is 11.1 Å². The van der Waals surface area contributed by atoms with Gasteiger partial charge in [-0.3, -0.25) is 19.2 Å². The van der Waals surface area contributed by atoms with E-state index in [1.807, 2.05) is 0 Å². The van der Waals surface area contributed by atoms with Gasteiger partial charge in [0.05, 0.1) is 26.8 Å². The third kappa shape index (κ3) is 4.90. The summed E-state index contributed by atoms with van der Waals surface area (Å²) < 4.78 is 27.8. The van der Waals surface area contributed by atoms with Crippen LogP contribution in [0.5, 0.6) is 0 Å². The molecule has 0 saturated heterocycles. The summed E-state index contributed by atoms with van der Waals surface area (Å²) in [4.78, 5) is 23.5. The number of hydrogen-bond acceptors (Lipinski definition) is 5. The largest absolute Gasteiger partial charge is 0.324 e. The Morgan fingerprint density at radius 1 is 1.06 bits per heavy atom. The standard InChI is InChI=1S/C22H20ClN3O5S/c1-15-11-12-17(23)13-21(15)25(32(30,31)18-7-4-3-5-8-18)14-22(27)24-19-9-6-10-20(16(19)2)26(28)29/h3-13H,14H2,1-2H3,(H,24,27). The van der Waals surface area contributed by atoms with Crippen LogP contribution in [0.15, 0.2) is 71.6 Å². The lowest BCUT2D eigenvalue weighted by Gasteiger charge is -2.26. The van der Waals surface area contributed by atoms with Crippen molar-refractivity contribution in [2.45, 2.75) is 18.7 Å². The summed E-state index contributed by atoms with van der Waals surface area (Å²) in [5.41, 5.74) is 1.20. The van der Waals surface area contributed by atoms with Gasteiger partial charge in [0.2, 0.25) is 5.91 Å². The molecule has 10 heteroatoms. The highest BCUT2D eigenvalue weighted by Crippen LogP contribution is 2.30. The zero-order chi connectivity index (χ0) is 23.5. The van der Waals surface area contributed by atoms with Crippen molar-refractivity contribution in [3.05, 3.63) is 93.0 Å². The zero-order valence-corrected chi connectivity index (χ0v) is 18.9. The van der Waals surface area contributed by atoms with Crippen LogP contribution in [0.2, 0.25) is 5.02 Å². The number of nitro benzene ring substituents is 1. The first kappa shape index (κ1) is 23.2. The number of hydrogen-bond donors (Lipinski definition) is 1. The molecule has 1 amide bonds. The minimum Gasteiger partial charge on any atom is -0.324 e. The lowest BCUT2D eigenvalue weighted by atomic mass is 10.1. The summed E-state index contributed by atoms with van der Waals surface area (Å²) in [7, 11) is -4.11. The summed E-state index contributed by atoms with van der Waals surface area (Å²) in [6.07, 6.45) is 0. The molecule has 0 aliphatic rings. The number of anilines is 2. The number of rotatable bonds is 7. The maximum atomic E-state index is 13.4. The number of carbonyl (C=O) groups is 1. The van der Waals surface area contributed by atoms with Gasteiger partial charge in [-0.05, 0) is 49.7 Å². The second-order valence-electron chi connectivity index (χ2n) is 7.01. The summed E-state index contributed by atoms with van der Waals surface area (Å²) in [6, 6.07) is 16.8. The maximum Gasteiger partial charge on any atom is 0.274 e. The number of nitrogens with zero attached hydrogens (tertiary/aromatic N) is 2. The van der Waals surface area contributed by atoms with Crippen molar-refractivity contribution in [3.8, 4) is 0 Å². The van der Waals surface area contributed by atoms with Crippen molar-refractivity contribution in [3.63, 3.8) is 0 Å². The maximum absolute atomic E-state index is 13.4. The van der Waals surface area contributed by atoms with Crippen LogP contribution in [0.4, 0.5) is 17.1 Å². The topological polar surface area (TPSA) is 110 Å². The predicted octanol–water partition coefficient (Wildman–Crippen LogP) is 4.70. The van der Waals surface area contributed by atoms with E-state index in [9.17, 15) is 23.3 Å². The SMILES string of the molecule is Cc1ccc(Cl)cc1N(CC(=O)Nc1cccc([N+](=O)[O-])c1C)S(=O)(=O)c1ccccc1. The Morgan fingerprint density at radius 2 is 1.75 bits per heavy atom. The quantitative estimate of drug-likeness (QED) is 0.395. The van der Waals surface area contributed by atoms with Crippen LogP contribution in [0.25, 0.3) is 0 Å². The first-order chi connectivity index (χ1) is 15.1. The van der Waals surface area contributed by atoms with E-state index in [2.05, 4.69) is 5.32 Å². The van der Waals surface area contributed by atoms with E-state index in [0.717, 1.165) is 4.31 Å². The lowest BCUT2D eigenvalue weighted by molar-refractivity contribution is -0.385. The molecule has 0 heterocycles. The van der Waals surface area contributed by atoms with Crippen LogP contribution in [-0.4, -0.2) is 25.8 Å². The second kappa shape index (κ2) is 9.37. The van der Waals surface area contributed by atoms with Gasteiger partial charge < -0.3 is 5.32 Å². The summed E-state index contributed by atoms with van der Waals surface area (Å²) in [5.74, 6) is -0.660. The molecule has 0 saturated carbocycles. The van der Waals surface area contributed by atoms with Gasteiger partial charge >= 0.3 is 0 Å². The molecule has 3 aromatic rings. The van der Waals surface area contributed by atoms with Gasteiger partial charge in [0.15, 0.2) is 0 Å². The average Bonchev–Trinajstić information content (AvgIpc) is 2.75. The van der Waals surface area contributed by atoms with E-state index < -0.39 is 27.4 Å². The first-order valence-electron chi connectivity index (χ1n) is 9.49. The van der Waals surface area contributed by atoms with Crippen molar-refractivity contribution < 1.29 is 18.1 Å². The van der Waals surface area contributed by atoms with Crippen LogP contribution < -0.4 is 9.62 Å². The van der Waals surface area contributed by atoms with Crippen molar-refractivity contribution in [1.82, 2.24) is 0 Å². The minimum absolute atomic E-state index is 0.0127. The summed E-state index contributed by atoms with van der Waals surface area (Å²) in [6.45, 7) is 2.66. The monoisotopic (exact) mass is 473 g/mol. The molecular weight excluding hydrogens is 454 g/mol. The fourth-order valence-electron chi connectivity index (χ4n) is 3.15. The van der Waals surface area contributed by atoms with Gasteiger partial charge in [-0.1, -0.05) is 41.9 Å². The molecule has 166 valence electrons. The molecule has 0 unspecified atom stereocenters. The van der Waals surface area contributed by atoms with E-state index in [-0.39, 0.29) is 27.5 Å². The third-order valence-electron chi connectivity index (χ3n) is 4.83.